The van der Waals surface area contributed by atoms with Gasteiger partial charge in [0.25, 0.3) is 0 Å². The molecule has 0 amide bonds. The lowest BCUT2D eigenvalue weighted by atomic mass is 9.97. The lowest BCUT2D eigenvalue weighted by molar-refractivity contribution is 0.104. The van der Waals surface area contributed by atoms with E-state index in [0.29, 0.717) is 44.0 Å². The van der Waals surface area contributed by atoms with E-state index in [1.807, 2.05) is 0 Å². The lowest BCUT2D eigenvalue weighted by Crippen LogP contribution is -2.29. The number of rotatable bonds is 9. The summed E-state index contributed by atoms with van der Waals surface area (Å²) in [5.74, 6) is 0.137. The summed E-state index contributed by atoms with van der Waals surface area (Å²) >= 11 is 1.29. The zero-order valence-corrected chi connectivity index (χ0v) is 22.9. The molecule has 0 spiro atoms. The summed E-state index contributed by atoms with van der Waals surface area (Å²) in [5, 5.41) is 5.64. The van der Waals surface area contributed by atoms with Crippen molar-refractivity contribution in [2.45, 2.75) is 25.7 Å². The zero-order valence-electron chi connectivity index (χ0n) is 21.3. The molecule has 204 valence electrons. The molecule has 0 radical (unpaired) electrons. The molecule has 2 heterocycles. The van der Waals surface area contributed by atoms with Gasteiger partial charge in [-0.3, -0.25) is 9.69 Å². The number of nitrogens with two attached hydrogens (primary N) is 1. The minimum atomic E-state index is -4.20. The van der Waals surface area contributed by atoms with Gasteiger partial charge in [-0.05, 0) is 86.1 Å². The van der Waals surface area contributed by atoms with Gasteiger partial charge >= 0.3 is 10.3 Å². The second-order valence-electron chi connectivity index (χ2n) is 9.50. The maximum atomic E-state index is 13.8. The molecule has 5 rings (SSSR count). The summed E-state index contributed by atoms with van der Waals surface area (Å²) in [4.78, 5) is 16.9. The molecular weight excluding hydrogens is 539 g/mol. The van der Waals surface area contributed by atoms with E-state index in [4.69, 9.17) is 14.1 Å². The fraction of sp³-hybridized carbons (Fsp3) is 0.276. The number of fused-ring (bicyclic) bond motifs is 1. The van der Waals surface area contributed by atoms with Gasteiger partial charge in [-0.15, -0.1) is 11.3 Å². The van der Waals surface area contributed by atoms with Gasteiger partial charge in [-0.1, -0.05) is 25.0 Å². The normalized spacial score (nSPS) is 14.7. The number of ether oxygens (including phenoxy) is 1. The molecule has 1 saturated heterocycles. The van der Waals surface area contributed by atoms with Crippen molar-refractivity contribution in [1.82, 2.24) is 4.90 Å². The van der Waals surface area contributed by atoms with Crippen LogP contribution in [0.5, 0.6) is 11.5 Å². The van der Waals surface area contributed by atoms with Crippen molar-refractivity contribution in [2.24, 2.45) is 5.14 Å². The largest absolute Gasteiger partial charge is 0.492 e. The Bertz CT molecular complexity index is 1560. The third-order valence-corrected chi connectivity index (χ3v) is 8.33. The van der Waals surface area contributed by atoms with Crippen molar-refractivity contribution in [3.05, 3.63) is 83.7 Å². The van der Waals surface area contributed by atoms with Crippen LogP contribution >= 0.6 is 11.3 Å². The van der Waals surface area contributed by atoms with E-state index in [1.165, 1.54) is 61.3 Å². The second-order valence-corrected chi connectivity index (χ2v) is 11.7. The highest BCUT2D eigenvalue weighted by atomic mass is 32.2. The number of carbonyl (C=O) groups is 1. The summed E-state index contributed by atoms with van der Waals surface area (Å²) < 4.78 is 47.8. The number of likely N-dealkylation sites (tertiary alicyclic amines) is 1. The standard InChI is InChI=1S/C29H29FN2O5S2/c30-22-9-5-21(6-10-22)29-27(25-14-13-24(19-26(25)38-29)37-39(31,34)35)28(33)20-7-11-23(12-8-20)36-18-17-32-15-3-1-2-4-16-32/h5-14,19H,1-4,15-18H2,(H2,31,34,35). The average molecular weight is 569 g/mol. The van der Waals surface area contributed by atoms with Crippen LogP contribution in [0, 0.1) is 5.82 Å². The predicted molar refractivity (Wildman–Crippen MR) is 151 cm³/mol. The first-order chi connectivity index (χ1) is 18.8. The van der Waals surface area contributed by atoms with Gasteiger partial charge < -0.3 is 8.92 Å². The van der Waals surface area contributed by atoms with Gasteiger partial charge in [0.05, 0.1) is 0 Å². The van der Waals surface area contributed by atoms with E-state index in [1.54, 1.807) is 42.5 Å². The van der Waals surface area contributed by atoms with Crippen molar-refractivity contribution < 1.29 is 26.5 Å². The van der Waals surface area contributed by atoms with Crippen LogP contribution in [0.4, 0.5) is 4.39 Å². The second kappa shape index (κ2) is 11.8. The van der Waals surface area contributed by atoms with E-state index in [-0.39, 0.29) is 17.3 Å². The molecule has 0 saturated carbocycles. The van der Waals surface area contributed by atoms with Crippen molar-refractivity contribution in [2.75, 3.05) is 26.2 Å². The molecule has 1 aliphatic heterocycles. The Morgan fingerprint density at radius 2 is 1.59 bits per heavy atom. The van der Waals surface area contributed by atoms with Crippen LogP contribution in [0.25, 0.3) is 20.5 Å². The molecule has 4 aromatic rings. The monoisotopic (exact) mass is 568 g/mol. The first-order valence-corrected chi connectivity index (χ1v) is 15.1. The number of ketones is 1. The number of halogens is 1. The van der Waals surface area contributed by atoms with Crippen molar-refractivity contribution in [3.63, 3.8) is 0 Å². The third kappa shape index (κ3) is 6.83. The molecule has 1 aliphatic rings. The topological polar surface area (TPSA) is 98.9 Å². The average Bonchev–Trinajstić information content (AvgIpc) is 3.07. The first kappa shape index (κ1) is 27.3. The Morgan fingerprint density at radius 3 is 2.26 bits per heavy atom. The Balaban J connectivity index is 1.40. The number of hydrogen-bond donors (Lipinski definition) is 1. The van der Waals surface area contributed by atoms with E-state index in [2.05, 4.69) is 4.90 Å². The third-order valence-electron chi connectivity index (χ3n) is 6.70. The molecule has 10 heteroatoms. The van der Waals surface area contributed by atoms with E-state index >= 15 is 0 Å². The molecule has 1 fully saturated rings. The number of thiophene rings is 1. The van der Waals surface area contributed by atoms with Gasteiger partial charge in [0, 0.05) is 32.6 Å². The molecule has 3 aromatic carbocycles. The Morgan fingerprint density at radius 1 is 0.923 bits per heavy atom. The summed E-state index contributed by atoms with van der Waals surface area (Å²) in [7, 11) is -4.20. The van der Waals surface area contributed by atoms with Gasteiger partial charge in [0.1, 0.15) is 23.9 Å². The highest BCUT2D eigenvalue weighted by Gasteiger charge is 2.22. The maximum absolute atomic E-state index is 13.8. The number of benzene rings is 3. The van der Waals surface area contributed by atoms with Crippen LogP contribution in [-0.4, -0.2) is 45.3 Å². The maximum Gasteiger partial charge on any atom is 0.380 e. The molecule has 0 bridgehead atoms. The molecule has 39 heavy (non-hydrogen) atoms. The first-order valence-electron chi connectivity index (χ1n) is 12.8. The quantitative estimate of drug-likeness (QED) is 0.257. The summed E-state index contributed by atoms with van der Waals surface area (Å²) in [6.07, 6.45) is 5.04. The predicted octanol–water partition coefficient (Wildman–Crippen LogP) is 5.78. The van der Waals surface area contributed by atoms with Crippen molar-refractivity contribution >= 4 is 37.5 Å². The SMILES string of the molecule is NS(=O)(=O)Oc1ccc2c(C(=O)c3ccc(OCCN4CCCCCC4)cc3)c(-c3ccc(F)cc3)sc2c1. The van der Waals surface area contributed by atoms with E-state index in [0.717, 1.165) is 19.6 Å². The van der Waals surface area contributed by atoms with Crippen LogP contribution in [-0.2, 0) is 10.3 Å². The highest BCUT2D eigenvalue weighted by Crippen LogP contribution is 2.41. The highest BCUT2D eigenvalue weighted by molar-refractivity contribution is 7.84. The molecule has 1 aromatic heterocycles. The summed E-state index contributed by atoms with van der Waals surface area (Å²) in [5.41, 5.74) is 1.59. The smallest absolute Gasteiger partial charge is 0.380 e. The van der Waals surface area contributed by atoms with Crippen LogP contribution in [0.3, 0.4) is 0 Å². The molecule has 7 nitrogen and oxygen atoms in total. The molecule has 0 atom stereocenters. The van der Waals surface area contributed by atoms with Crippen LogP contribution in [0.1, 0.15) is 41.6 Å². The number of carbonyl (C=O) groups excluding carboxylic acids is 1. The molecule has 0 unspecified atom stereocenters. The lowest BCUT2D eigenvalue weighted by Gasteiger charge is -2.19. The molecular formula is C29H29FN2O5S2. The van der Waals surface area contributed by atoms with Gasteiger partial charge in [0.15, 0.2) is 5.78 Å². The van der Waals surface area contributed by atoms with Gasteiger partial charge in [-0.2, -0.15) is 13.6 Å². The molecule has 0 aliphatic carbocycles. The van der Waals surface area contributed by atoms with E-state index in [9.17, 15) is 17.6 Å². The Kier molecular flexibility index (Phi) is 8.27. The van der Waals surface area contributed by atoms with Crippen LogP contribution < -0.4 is 14.1 Å². The van der Waals surface area contributed by atoms with Gasteiger partial charge in [0.2, 0.25) is 0 Å². The Labute approximate surface area is 231 Å². The molecule has 2 N–H and O–H groups in total. The minimum absolute atomic E-state index is 0.0394. The van der Waals surface area contributed by atoms with Crippen LogP contribution in [0.15, 0.2) is 66.7 Å². The van der Waals surface area contributed by atoms with Crippen LogP contribution in [0.2, 0.25) is 0 Å². The Hall–Kier alpha value is -3.31. The zero-order chi connectivity index (χ0) is 27.4. The summed E-state index contributed by atoms with van der Waals surface area (Å²) in [6, 6.07) is 17.6. The number of nitrogens with zero attached hydrogens (tertiary/aromatic N) is 1. The van der Waals surface area contributed by atoms with E-state index < -0.39 is 10.3 Å². The fourth-order valence-electron chi connectivity index (χ4n) is 4.79. The van der Waals surface area contributed by atoms with Crippen molar-refractivity contribution in [1.29, 1.82) is 0 Å². The van der Waals surface area contributed by atoms with Gasteiger partial charge in [-0.25, -0.2) is 4.39 Å². The number of hydrogen-bond acceptors (Lipinski definition) is 7. The van der Waals surface area contributed by atoms with Crippen molar-refractivity contribution in [3.8, 4) is 21.9 Å². The summed E-state index contributed by atoms with van der Waals surface area (Å²) in [6.45, 7) is 3.68. The fourth-order valence-corrected chi connectivity index (χ4v) is 6.40. The minimum Gasteiger partial charge on any atom is -0.492 e.